The Labute approximate surface area is 156 Å². The Morgan fingerprint density at radius 1 is 1.15 bits per heavy atom. The Hall–Kier alpha value is -2.04. The number of carbonyl (C=O) groups excluding carboxylic acids is 1. The first-order valence-corrected chi connectivity index (χ1v) is 9.60. The van der Waals surface area contributed by atoms with E-state index in [2.05, 4.69) is 52.2 Å². The quantitative estimate of drug-likeness (QED) is 0.695. The highest BCUT2D eigenvalue weighted by molar-refractivity contribution is 5.86. The Bertz CT molecular complexity index is 674. The summed E-state index contributed by atoms with van der Waals surface area (Å²) in [5.74, 6) is 0.360. The average Bonchev–Trinajstić information content (AvgIpc) is 3.09. The van der Waals surface area contributed by atoms with Crippen molar-refractivity contribution in [2.45, 2.75) is 38.3 Å². The van der Waals surface area contributed by atoms with E-state index in [4.69, 9.17) is 0 Å². The number of benzene rings is 1. The zero-order chi connectivity index (χ0) is 18.2. The smallest absolute Gasteiger partial charge is 0.163 e. The summed E-state index contributed by atoms with van der Waals surface area (Å²) in [6, 6.07) is 14.7. The predicted molar refractivity (Wildman–Crippen MR) is 105 cm³/mol. The fourth-order valence-corrected chi connectivity index (χ4v) is 3.75. The van der Waals surface area contributed by atoms with Crippen LogP contribution in [0.4, 0.5) is 0 Å². The van der Waals surface area contributed by atoms with Gasteiger partial charge in [-0.15, -0.1) is 0 Å². The van der Waals surface area contributed by atoms with Crippen molar-refractivity contribution in [3.8, 4) is 0 Å². The van der Waals surface area contributed by atoms with Crippen LogP contribution in [-0.4, -0.2) is 53.3 Å². The third kappa shape index (κ3) is 5.48. The van der Waals surface area contributed by atoms with Gasteiger partial charge in [0.1, 0.15) is 0 Å². The van der Waals surface area contributed by atoms with Gasteiger partial charge in [0.05, 0.1) is 12.6 Å². The van der Waals surface area contributed by atoms with E-state index in [9.17, 15) is 4.79 Å². The molecule has 1 aromatic heterocycles. The van der Waals surface area contributed by atoms with Crippen molar-refractivity contribution in [3.05, 3.63) is 66.0 Å². The second-order valence-electron chi connectivity index (χ2n) is 7.26. The molecule has 3 rings (SSSR count). The van der Waals surface area contributed by atoms with Gasteiger partial charge >= 0.3 is 0 Å². The number of aromatic nitrogens is 1. The minimum Gasteiger partial charge on any atom is -0.297 e. The molecule has 0 aliphatic carbocycles. The van der Waals surface area contributed by atoms with Gasteiger partial charge < -0.3 is 0 Å². The van der Waals surface area contributed by atoms with Gasteiger partial charge in [0, 0.05) is 18.9 Å². The second-order valence-corrected chi connectivity index (χ2v) is 7.26. The van der Waals surface area contributed by atoms with Gasteiger partial charge in [-0.1, -0.05) is 30.3 Å². The topological polar surface area (TPSA) is 36.4 Å². The summed E-state index contributed by atoms with van der Waals surface area (Å²) in [7, 11) is 2.07. The Kier molecular flexibility index (Phi) is 6.92. The molecule has 0 unspecified atom stereocenters. The minimum atomic E-state index is 0.101. The van der Waals surface area contributed by atoms with E-state index in [0.717, 1.165) is 45.3 Å². The van der Waals surface area contributed by atoms with Gasteiger partial charge in [-0.2, -0.15) is 0 Å². The molecule has 1 aromatic carbocycles. The monoisotopic (exact) mass is 351 g/mol. The summed E-state index contributed by atoms with van der Waals surface area (Å²) in [5.41, 5.74) is 2.57. The van der Waals surface area contributed by atoms with Crippen molar-refractivity contribution in [1.82, 2.24) is 14.8 Å². The summed E-state index contributed by atoms with van der Waals surface area (Å²) in [6.45, 7) is 3.31. The van der Waals surface area contributed by atoms with Crippen LogP contribution in [-0.2, 0) is 17.8 Å². The number of carbonyl (C=O) groups is 1. The number of hydrogen-bond donors (Lipinski definition) is 0. The third-order valence-corrected chi connectivity index (χ3v) is 5.21. The van der Waals surface area contributed by atoms with Gasteiger partial charge in [0.2, 0.25) is 0 Å². The average molecular weight is 351 g/mol. The molecule has 2 heterocycles. The molecular weight excluding hydrogens is 322 g/mol. The molecule has 0 saturated carbocycles. The largest absolute Gasteiger partial charge is 0.297 e. The highest BCUT2D eigenvalue weighted by atomic mass is 16.1. The number of hydrogen-bond acceptors (Lipinski definition) is 4. The molecule has 138 valence electrons. The lowest BCUT2D eigenvalue weighted by molar-refractivity contribution is -0.124. The predicted octanol–water partition coefficient (Wildman–Crippen LogP) is 3.18. The molecule has 0 bridgehead atoms. The number of aryl methyl sites for hydroxylation is 1. The zero-order valence-electron chi connectivity index (χ0n) is 15.7. The summed E-state index contributed by atoms with van der Waals surface area (Å²) >= 11 is 0. The number of nitrogens with zero attached hydrogens (tertiary/aromatic N) is 3. The summed E-state index contributed by atoms with van der Waals surface area (Å²) in [5, 5.41) is 0. The molecule has 1 aliphatic heterocycles. The Morgan fingerprint density at radius 2 is 1.92 bits per heavy atom. The van der Waals surface area contributed by atoms with Crippen molar-refractivity contribution in [3.63, 3.8) is 0 Å². The molecule has 4 nitrogen and oxygen atoms in total. The van der Waals surface area contributed by atoms with E-state index in [0.29, 0.717) is 12.3 Å². The first-order chi connectivity index (χ1) is 12.7. The van der Waals surface area contributed by atoms with Crippen molar-refractivity contribution >= 4 is 5.78 Å². The second kappa shape index (κ2) is 9.60. The SMILES string of the molecule is CN1CCC[C@H]1C(=O)CN(CCCc1ccccc1)Cc1ccncc1. The molecule has 0 spiro atoms. The van der Waals surface area contributed by atoms with Crippen LogP contribution >= 0.6 is 0 Å². The molecule has 0 amide bonds. The van der Waals surface area contributed by atoms with Gasteiger partial charge in [-0.3, -0.25) is 19.6 Å². The van der Waals surface area contributed by atoms with Crippen molar-refractivity contribution in [2.75, 3.05) is 26.7 Å². The zero-order valence-corrected chi connectivity index (χ0v) is 15.7. The molecule has 1 fully saturated rings. The summed E-state index contributed by atoms with van der Waals surface area (Å²) in [4.78, 5) is 21.4. The van der Waals surface area contributed by atoms with Gasteiger partial charge in [0.25, 0.3) is 0 Å². The first kappa shape index (κ1) is 18.7. The molecule has 1 aliphatic rings. The van der Waals surface area contributed by atoms with Gasteiger partial charge in [-0.05, 0) is 69.1 Å². The van der Waals surface area contributed by atoms with E-state index in [1.807, 2.05) is 24.5 Å². The molecular formula is C22H29N3O. The molecule has 0 radical (unpaired) electrons. The lowest BCUT2D eigenvalue weighted by Gasteiger charge is -2.25. The molecule has 2 aromatic rings. The molecule has 4 heteroatoms. The molecule has 0 N–H and O–H groups in total. The van der Waals surface area contributed by atoms with E-state index in [-0.39, 0.29) is 6.04 Å². The molecule has 26 heavy (non-hydrogen) atoms. The maximum atomic E-state index is 12.8. The van der Waals surface area contributed by atoms with Crippen LogP contribution in [0.1, 0.15) is 30.4 Å². The number of rotatable bonds is 9. The van der Waals surface area contributed by atoms with E-state index < -0.39 is 0 Å². The lowest BCUT2D eigenvalue weighted by Crippen LogP contribution is -2.40. The summed E-state index contributed by atoms with van der Waals surface area (Å²) < 4.78 is 0. The van der Waals surface area contributed by atoms with Gasteiger partial charge in [0.15, 0.2) is 5.78 Å². The van der Waals surface area contributed by atoms with Crippen LogP contribution in [0.2, 0.25) is 0 Å². The number of likely N-dealkylation sites (N-methyl/N-ethyl adjacent to an activating group) is 1. The summed E-state index contributed by atoms with van der Waals surface area (Å²) in [6.07, 6.45) is 7.88. The highest BCUT2D eigenvalue weighted by Gasteiger charge is 2.28. The van der Waals surface area contributed by atoms with Crippen LogP contribution in [0.5, 0.6) is 0 Å². The highest BCUT2D eigenvalue weighted by Crippen LogP contribution is 2.17. The molecule has 1 atom stereocenters. The lowest BCUT2D eigenvalue weighted by atomic mass is 10.1. The third-order valence-electron chi connectivity index (χ3n) is 5.21. The van der Waals surface area contributed by atoms with Crippen LogP contribution in [0, 0.1) is 0 Å². The number of ketones is 1. The van der Waals surface area contributed by atoms with E-state index >= 15 is 0 Å². The fraction of sp³-hybridized carbons (Fsp3) is 0.455. The van der Waals surface area contributed by atoms with Crippen LogP contribution < -0.4 is 0 Å². The normalized spacial score (nSPS) is 17.7. The number of likely N-dealkylation sites (tertiary alicyclic amines) is 1. The number of Topliss-reactive ketones (excluding diaryl/α,β-unsaturated/α-hetero) is 1. The Morgan fingerprint density at radius 3 is 2.62 bits per heavy atom. The Balaban J connectivity index is 1.58. The van der Waals surface area contributed by atoms with Crippen molar-refractivity contribution < 1.29 is 4.79 Å². The first-order valence-electron chi connectivity index (χ1n) is 9.60. The van der Waals surface area contributed by atoms with E-state index in [1.165, 1.54) is 11.1 Å². The maximum absolute atomic E-state index is 12.8. The maximum Gasteiger partial charge on any atom is 0.163 e. The van der Waals surface area contributed by atoms with Crippen LogP contribution in [0.15, 0.2) is 54.9 Å². The van der Waals surface area contributed by atoms with Gasteiger partial charge in [-0.25, -0.2) is 0 Å². The fourth-order valence-electron chi connectivity index (χ4n) is 3.75. The van der Waals surface area contributed by atoms with Crippen LogP contribution in [0.25, 0.3) is 0 Å². The van der Waals surface area contributed by atoms with Crippen molar-refractivity contribution in [1.29, 1.82) is 0 Å². The van der Waals surface area contributed by atoms with Crippen molar-refractivity contribution in [2.24, 2.45) is 0 Å². The molecule has 1 saturated heterocycles. The van der Waals surface area contributed by atoms with E-state index in [1.54, 1.807) is 0 Å². The van der Waals surface area contributed by atoms with Crippen LogP contribution in [0.3, 0.4) is 0 Å². The standard InChI is InChI=1S/C22H29N3O/c1-24-15-6-10-21(24)22(26)18-25(17-20-11-13-23-14-12-20)16-5-9-19-7-3-2-4-8-19/h2-4,7-8,11-14,21H,5-6,9-10,15-18H2,1H3/t21-/m0/s1. The minimum absolute atomic E-state index is 0.101. The number of pyridine rings is 1.